The average Bonchev–Trinajstić information content (AvgIpc) is 3.64. The molecule has 2 aliphatic rings. The summed E-state index contributed by atoms with van der Waals surface area (Å²) in [7, 11) is 1.81. The number of carbonyl (C=O) groups excluding carboxylic acids is 1. The third-order valence-corrected chi connectivity index (χ3v) is 16.2. The van der Waals surface area contributed by atoms with Crippen molar-refractivity contribution in [1.82, 2.24) is 19.7 Å². The maximum atomic E-state index is 14.2. The highest BCUT2D eigenvalue weighted by atomic mass is 35.5. The molecule has 17 heteroatoms. The number of anilines is 4. The number of amides is 1. The van der Waals surface area contributed by atoms with Gasteiger partial charge in [-0.25, -0.2) is 8.42 Å². The van der Waals surface area contributed by atoms with Crippen LogP contribution in [0, 0.1) is 17.0 Å². The molecular weight excluding hydrogens is 954 g/mol. The summed E-state index contributed by atoms with van der Waals surface area (Å²) >= 11 is 8.00. The Labute approximate surface area is 427 Å². The zero-order chi connectivity index (χ0) is 50.1. The van der Waals surface area contributed by atoms with Gasteiger partial charge in [0.2, 0.25) is 0 Å². The Morgan fingerprint density at radius 2 is 1.51 bits per heavy atom. The van der Waals surface area contributed by atoms with Crippen LogP contribution in [0.25, 0.3) is 22.4 Å². The lowest BCUT2D eigenvalue weighted by atomic mass is 9.95. The summed E-state index contributed by atoms with van der Waals surface area (Å²) in [6.45, 7) is 9.28. The molecule has 1 aromatic heterocycles. The summed E-state index contributed by atoms with van der Waals surface area (Å²) < 4.78 is 32.1. The van der Waals surface area contributed by atoms with Gasteiger partial charge in [0.15, 0.2) is 0 Å². The smallest absolute Gasteiger partial charge is 0.293 e. The second kappa shape index (κ2) is 23.5. The Morgan fingerprint density at radius 3 is 2.18 bits per heavy atom. The number of hydrogen-bond acceptors (Lipinski definition) is 11. The van der Waals surface area contributed by atoms with Crippen molar-refractivity contribution >= 4 is 67.7 Å². The van der Waals surface area contributed by atoms with Crippen LogP contribution in [0.15, 0.2) is 131 Å². The second-order valence-electron chi connectivity index (χ2n) is 18.6. The van der Waals surface area contributed by atoms with Crippen molar-refractivity contribution in [2.45, 2.75) is 48.4 Å². The monoisotopic (exact) mass is 1020 g/mol. The number of rotatable bonds is 20. The maximum absolute atomic E-state index is 14.2. The number of aromatic nitrogens is 1. The summed E-state index contributed by atoms with van der Waals surface area (Å²) in [4.78, 5) is 36.0. The van der Waals surface area contributed by atoms with Gasteiger partial charge >= 0.3 is 0 Å². The molecule has 0 aliphatic carbocycles. The van der Waals surface area contributed by atoms with E-state index >= 15 is 0 Å². The number of nitro benzene ring substituents is 1. The van der Waals surface area contributed by atoms with E-state index in [0.717, 1.165) is 109 Å². The summed E-state index contributed by atoms with van der Waals surface area (Å²) in [5, 5.41) is 19.6. The lowest BCUT2D eigenvalue weighted by Gasteiger charge is -2.37. The summed E-state index contributed by atoms with van der Waals surface area (Å²) in [6.07, 6.45) is 4.40. The van der Waals surface area contributed by atoms with Gasteiger partial charge in [0, 0.05) is 102 Å². The number of thioether (sulfide) groups is 1. The second-order valence-corrected chi connectivity index (χ2v) is 21.8. The van der Waals surface area contributed by atoms with Crippen LogP contribution in [0.1, 0.15) is 41.7 Å². The molecule has 3 N–H and O–H groups in total. The van der Waals surface area contributed by atoms with E-state index in [-0.39, 0.29) is 28.2 Å². The van der Waals surface area contributed by atoms with Crippen LogP contribution in [0.4, 0.5) is 28.4 Å². The highest BCUT2D eigenvalue weighted by Crippen LogP contribution is 2.41. The third kappa shape index (κ3) is 12.9. The zero-order valence-electron chi connectivity index (χ0n) is 40.9. The summed E-state index contributed by atoms with van der Waals surface area (Å²) in [6, 6.07) is 37.3. The van der Waals surface area contributed by atoms with Crippen LogP contribution >= 0.6 is 23.4 Å². The number of hydrogen-bond donors (Lipinski definition) is 3. The Morgan fingerprint density at radius 1 is 0.817 bits per heavy atom. The molecule has 71 heavy (non-hydrogen) atoms. The van der Waals surface area contributed by atoms with Gasteiger partial charge in [0.1, 0.15) is 5.69 Å². The first-order valence-corrected chi connectivity index (χ1v) is 27.2. The molecule has 0 saturated carbocycles. The minimum atomic E-state index is -4.16. The molecule has 2 fully saturated rings. The van der Waals surface area contributed by atoms with E-state index in [1.807, 2.05) is 94.8 Å². The van der Waals surface area contributed by atoms with E-state index in [4.69, 9.17) is 11.6 Å². The van der Waals surface area contributed by atoms with Crippen LogP contribution < -0.4 is 25.2 Å². The van der Waals surface area contributed by atoms with Crippen LogP contribution in [-0.2, 0) is 17.1 Å². The molecule has 374 valence electrons. The Hall–Kier alpha value is -6.04. The molecule has 5 aromatic carbocycles. The fourth-order valence-electron chi connectivity index (χ4n) is 9.44. The predicted octanol–water partition coefficient (Wildman–Crippen LogP) is 10.1. The fraction of sp³-hybridized carbons (Fsp3) is 0.352. The standard InChI is InChI=1S/C54H64ClN9O5S2/c1-39-51(54(65)56-27-31-61-28-9-6-10-29-61)52(53(60(39)4)40-16-18-42(55)19-17-40)41-12-11-13-46(36-41)63-34-32-62(33-35-63)45-22-20-43(21-23-45)58-71(68,69)48-24-25-49(50(37-48)64(66)67)57-44(26-30-59(2)3)38-70-47-14-7-5-8-15-47/h5,7-8,11-25,36-37,44,57-58H,6,9-10,26-35,38H2,1-4H3,(H,56,65)/t44-/m1/s1. The van der Waals surface area contributed by atoms with Crippen LogP contribution in [-0.4, -0.2) is 118 Å². The van der Waals surface area contributed by atoms with E-state index < -0.39 is 14.9 Å². The molecule has 1 amide bonds. The Kier molecular flexibility index (Phi) is 17.0. The number of halogens is 1. The van der Waals surface area contributed by atoms with Crippen molar-refractivity contribution in [3.63, 3.8) is 0 Å². The van der Waals surface area contributed by atoms with Crippen LogP contribution in [0.5, 0.6) is 0 Å². The van der Waals surface area contributed by atoms with E-state index in [1.165, 1.54) is 31.4 Å². The molecule has 2 saturated heterocycles. The Bertz CT molecular complexity index is 2890. The summed E-state index contributed by atoms with van der Waals surface area (Å²) in [5.41, 5.74) is 7.64. The van der Waals surface area contributed by atoms with Gasteiger partial charge in [-0.2, -0.15) is 0 Å². The minimum absolute atomic E-state index is 0.0803. The highest BCUT2D eigenvalue weighted by molar-refractivity contribution is 7.99. The first kappa shape index (κ1) is 51.3. The van der Waals surface area contributed by atoms with Crippen molar-refractivity contribution in [1.29, 1.82) is 0 Å². The van der Waals surface area contributed by atoms with Gasteiger partial charge in [0.05, 0.1) is 21.1 Å². The number of nitrogens with one attached hydrogen (secondary N) is 3. The summed E-state index contributed by atoms with van der Waals surface area (Å²) in [5.74, 6) is 0.587. The molecule has 0 spiro atoms. The van der Waals surface area contributed by atoms with Gasteiger partial charge in [-0.1, -0.05) is 60.5 Å². The highest BCUT2D eigenvalue weighted by Gasteiger charge is 2.28. The van der Waals surface area contributed by atoms with Gasteiger partial charge in [0.25, 0.3) is 21.6 Å². The predicted molar refractivity (Wildman–Crippen MR) is 291 cm³/mol. The quantitative estimate of drug-likeness (QED) is 0.0381. The molecular formula is C54H64ClN9O5S2. The molecule has 0 radical (unpaired) electrons. The van der Waals surface area contributed by atoms with E-state index in [0.29, 0.717) is 28.6 Å². The van der Waals surface area contributed by atoms with Crippen molar-refractivity contribution in [2.24, 2.45) is 7.05 Å². The first-order valence-electron chi connectivity index (χ1n) is 24.3. The molecule has 3 heterocycles. The number of carbonyl (C=O) groups is 1. The number of nitrogens with zero attached hydrogens (tertiary/aromatic N) is 6. The number of benzene rings is 5. The molecule has 2 aliphatic heterocycles. The zero-order valence-corrected chi connectivity index (χ0v) is 43.3. The number of likely N-dealkylation sites (tertiary alicyclic amines) is 1. The van der Waals surface area contributed by atoms with E-state index in [2.05, 4.69) is 63.8 Å². The van der Waals surface area contributed by atoms with Gasteiger partial charge in [-0.15, -0.1) is 11.8 Å². The third-order valence-electron chi connectivity index (χ3n) is 13.4. The van der Waals surface area contributed by atoms with Crippen molar-refractivity contribution in [3.05, 3.63) is 148 Å². The number of nitro groups is 1. The molecule has 6 aromatic rings. The van der Waals surface area contributed by atoms with Gasteiger partial charge in [-0.3, -0.25) is 19.6 Å². The molecule has 0 bridgehead atoms. The minimum Gasteiger partial charge on any atom is -0.376 e. The van der Waals surface area contributed by atoms with Gasteiger partial charge in [-0.05, 0) is 144 Å². The van der Waals surface area contributed by atoms with E-state index in [1.54, 1.807) is 23.9 Å². The van der Waals surface area contributed by atoms with Crippen molar-refractivity contribution in [3.8, 4) is 22.4 Å². The molecule has 1 atom stereocenters. The largest absolute Gasteiger partial charge is 0.376 e. The van der Waals surface area contributed by atoms with E-state index in [9.17, 15) is 23.3 Å². The normalized spacial score (nSPS) is 14.9. The van der Waals surface area contributed by atoms with Crippen molar-refractivity contribution < 1.29 is 18.1 Å². The fourth-order valence-corrected chi connectivity index (χ4v) is 11.6. The van der Waals surface area contributed by atoms with Gasteiger partial charge < -0.3 is 34.8 Å². The van der Waals surface area contributed by atoms with Crippen LogP contribution in [0.2, 0.25) is 5.02 Å². The molecule has 0 unspecified atom stereocenters. The molecule has 8 rings (SSSR count). The SMILES string of the molecule is Cc1c(C(=O)NCCN2CCCCC2)c(-c2cccc(N3CCN(c4ccc(NS(=O)(=O)c5ccc(N[C@H](CCN(C)C)CSc6ccccc6)c([N+](=O)[O-])c5)cc4)CC3)c2)c(-c2ccc(Cl)cc2)n1C. The lowest BCUT2D eigenvalue weighted by Crippen LogP contribution is -2.46. The topological polar surface area (TPSA) is 148 Å². The van der Waals surface area contributed by atoms with Crippen LogP contribution in [0.3, 0.4) is 0 Å². The first-order chi connectivity index (χ1) is 34.2. The number of sulfonamides is 1. The number of piperazine rings is 1. The Balaban J connectivity index is 0.928. The average molecular weight is 1020 g/mol. The van der Waals surface area contributed by atoms with Crippen molar-refractivity contribution in [2.75, 3.05) is 98.6 Å². The number of piperidine rings is 1. The lowest BCUT2D eigenvalue weighted by molar-refractivity contribution is -0.384. The maximum Gasteiger partial charge on any atom is 0.293 e. The molecule has 14 nitrogen and oxygen atoms in total.